The number of rotatable bonds is 3. The van der Waals surface area contributed by atoms with E-state index in [-0.39, 0.29) is 5.95 Å². The van der Waals surface area contributed by atoms with Crippen molar-refractivity contribution in [1.29, 1.82) is 0 Å². The molecule has 106 valence electrons. The zero-order chi connectivity index (χ0) is 14.8. The van der Waals surface area contributed by atoms with Crippen LogP contribution >= 0.6 is 0 Å². The molecule has 1 atom stereocenters. The molecule has 0 saturated heterocycles. The summed E-state index contributed by atoms with van der Waals surface area (Å²) in [6.45, 7) is 1.96. The van der Waals surface area contributed by atoms with Gasteiger partial charge in [0.1, 0.15) is 12.0 Å². The molecule has 0 spiro atoms. The van der Waals surface area contributed by atoms with Gasteiger partial charge in [-0.25, -0.2) is 4.98 Å². The minimum absolute atomic E-state index is 0.182. The van der Waals surface area contributed by atoms with Crippen molar-refractivity contribution in [3.05, 3.63) is 48.0 Å². The number of aromatic nitrogens is 4. The SMILES string of the molecule is Cc1cccnc1C(N)Nc1nc(N)nc2ccncc12. The Balaban J connectivity index is 2.00. The van der Waals surface area contributed by atoms with Crippen LogP contribution in [0.15, 0.2) is 36.8 Å². The molecule has 0 aliphatic carbocycles. The van der Waals surface area contributed by atoms with E-state index in [4.69, 9.17) is 11.5 Å². The van der Waals surface area contributed by atoms with Crippen molar-refractivity contribution in [2.75, 3.05) is 11.1 Å². The second-order valence-corrected chi connectivity index (χ2v) is 4.65. The fourth-order valence-electron chi connectivity index (χ4n) is 2.14. The number of hydrogen-bond donors (Lipinski definition) is 3. The molecule has 1 unspecified atom stereocenters. The highest BCUT2D eigenvalue weighted by Gasteiger charge is 2.13. The van der Waals surface area contributed by atoms with Gasteiger partial charge in [0.2, 0.25) is 5.95 Å². The Labute approximate surface area is 121 Å². The second kappa shape index (κ2) is 5.29. The van der Waals surface area contributed by atoms with Gasteiger partial charge >= 0.3 is 0 Å². The number of aryl methyl sites for hydroxylation is 1. The third-order valence-corrected chi connectivity index (χ3v) is 3.15. The van der Waals surface area contributed by atoms with E-state index in [1.54, 1.807) is 24.7 Å². The molecule has 5 N–H and O–H groups in total. The van der Waals surface area contributed by atoms with Gasteiger partial charge in [0.25, 0.3) is 0 Å². The van der Waals surface area contributed by atoms with Crippen molar-refractivity contribution in [1.82, 2.24) is 19.9 Å². The quantitative estimate of drug-likeness (QED) is 0.621. The van der Waals surface area contributed by atoms with E-state index in [2.05, 4.69) is 25.3 Å². The summed E-state index contributed by atoms with van der Waals surface area (Å²) < 4.78 is 0. The first-order valence-electron chi connectivity index (χ1n) is 6.46. The third-order valence-electron chi connectivity index (χ3n) is 3.15. The maximum atomic E-state index is 6.17. The second-order valence-electron chi connectivity index (χ2n) is 4.65. The number of anilines is 2. The van der Waals surface area contributed by atoms with Crippen molar-refractivity contribution in [3.8, 4) is 0 Å². The summed E-state index contributed by atoms with van der Waals surface area (Å²) in [5.41, 5.74) is 14.4. The molecule has 0 bridgehead atoms. The number of hydrogen-bond acceptors (Lipinski definition) is 7. The number of nitrogen functional groups attached to an aromatic ring is 1. The average molecular weight is 281 g/mol. The summed E-state index contributed by atoms with van der Waals surface area (Å²) in [5, 5.41) is 3.89. The van der Waals surface area contributed by atoms with Crippen molar-refractivity contribution in [3.63, 3.8) is 0 Å². The smallest absolute Gasteiger partial charge is 0.222 e. The predicted octanol–water partition coefficient (Wildman–Crippen LogP) is 1.38. The molecule has 21 heavy (non-hydrogen) atoms. The standard InChI is InChI=1S/C14H15N7/c1-8-3-2-5-18-11(8)12(15)20-13-9-7-17-6-4-10(9)19-14(16)21-13/h2-7,12H,15H2,1H3,(H3,16,19,20,21). The van der Waals surface area contributed by atoms with E-state index >= 15 is 0 Å². The number of fused-ring (bicyclic) bond motifs is 1. The first-order valence-corrected chi connectivity index (χ1v) is 6.46. The molecule has 0 amide bonds. The molecule has 3 heterocycles. The number of nitrogens with two attached hydrogens (primary N) is 2. The Morgan fingerprint density at radius 3 is 2.86 bits per heavy atom. The molecule has 0 radical (unpaired) electrons. The van der Waals surface area contributed by atoms with Crippen LogP contribution in [0.1, 0.15) is 17.4 Å². The summed E-state index contributed by atoms with van der Waals surface area (Å²) in [7, 11) is 0. The summed E-state index contributed by atoms with van der Waals surface area (Å²) in [4.78, 5) is 16.8. The largest absolute Gasteiger partial charge is 0.368 e. The zero-order valence-electron chi connectivity index (χ0n) is 11.5. The molecule has 0 saturated carbocycles. The molecule has 0 aliphatic heterocycles. The van der Waals surface area contributed by atoms with Gasteiger partial charge in [-0.15, -0.1) is 0 Å². The topological polar surface area (TPSA) is 116 Å². The molecule has 3 aromatic rings. The molecule has 7 heteroatoms. The Kier molecular flexibility index (Phi) is 3.33. The van der Waals surface area contributed by atoms with Crippen LogP contribution in [0.5, 0.6) is 0 Å². The van der Waals surface area contributed by atoms with Gasteiger partial charge in [-0.3, -0.25) is 9.97 Å². The maximum Gasteiger partial charge on any atom is 0.222 e. The van der Waals surface area contributed by atoms with Crippen molar-refractivity contribution >= 4 is 22.7 Å². The lowest BCUT2D eigenvalue weighted by molar-refractivity contribution is 0.783. The molecule has 0 aliphatic rings. The number of nitrogens with zero attached hydrogens (tertiary/aromatic N) is 4. The Morgan fingerprint density at radius 2 is 2.05 bits per heavy atom. The highest BCUT2D eigenvalue weighted by Crippen LogP contribution is 2.23. The van der Waals surface area contributed by atoms with Crippen LogP contribution < -0.4 is 16.8 Å². The van der Waals surface area contributed by atoms with Gasteiger partial charge in [-0.1, -0.05) is 6.07 Å². The van der Waals surface area contributed by atoms with Crippen LogP contribution in [-0.2, 0) is 0 Å². The van der Waals surface area contributed by atoms with Crippen LogP contribution in [0, 0.1) is 6.92 Å². The van der Waals surface area contributed by atoms with E-state index in [0.717, 1.165) is 16.6 Å². The molecule has 0 fully saturated rings. The lowest BCUT2D eigenvalue weighted by atomic mass is 10.2. The number of pyridine rings is 2. The highest BCUT2D eigenvalue weighted by molar-refractivity contribution is 5.89. The molecule has 0 aromatic carbocycles. The van der Waals surface area contributed by atoms with E-state index in [0.29, 0.717) is 11.3 Å². The first-order chi connectivity index (χ1) is 10.1. The third kappa shape index (κ3) is 2.59. The summed E-state index contributed by atoms with van der Waals surface area (Å²) >= 11 is 0. The highest BCUT2D eigenvalue weighted by atomic mass is 15.1. The van der Waals surface area contributed by atoms with Crippen molar-refractivity contribution in [2.45, 2.75) is 13.1 Å². The van der Waals surface area contributed by atoms with Gasteiger partial charge in [0.05, 0.1) is 16.6 Å². The first kappa shape index (κ1) is 13.2. The normalized spacial score (nSPS) is 12.3. The van der Waals surface area contributed by atoms with Crippen LogP contribution in [-0.4, -0.2) is 19.9 Å². The van der Waals surface area contributed by atoms with Gasteiger partial charge in [0.15, 0.2) is 0 Å². The van der Waals surface area contributed by atoms with Crippen molar-refractivity contribution < 1.29 is 0 Å². The van der Waals surface area contributed by atoms with Gasteiger partial charge < -0.3 is 16.8 Å². The van der Waals surface area contributed by atoms with Crippen LogP contribution in [0.25, 0.3) is 10.9 Å². The van der Waals surface area contributed by atoms with Crippen LogP contribution in [0.4, 0.5) is 11.8 Å². The molecular weight excluding hydrogens is 266 g/mol. The summed E-state index contributed by atoms with van der Waals surface area (Å²) in [6.07, 6.45) is 4.54. The minimum atomic E-state index is -0.496. The maximum absolute atomic E-state index is 6.17. The Hall–Kier alpha value is -2.80. The number of nitrogens with one attached hydrogen (secondary N) is 1. The van der Waals surface area contributed by atoms with Gasteiger partial charge in [0, 0.05) is 18.6 Å². The molecule has 3 rings (SSSR count). The Bertz CT molecular complexity index is 787. The van der Waals surface area contributed by atoms with E-state index in [9.17, 15) is 0 Å². The fraction of sp³-hybridized carbons (Fsp3) is 0.143. The Morgan fingerprint density at radius 1 is 1.19 bits per heavy atom. The van der Waals surface area contributed by atoms with Crippen LogP contribution in [0.2, 0.25) is 0 Å². The lowest BCUT2D eigenvalue weighted by Gasteiger charge is -2.17. The van der Waals surface area contributed by atoms with Crippen LogP contribution in [0.3, 0.4) is 0 Å². The average Bonchev–Trinajstić information content (AvgIpc) is 2.47. The van der Waals surface area contributed by atoms with E-state index in [1.165, 1.54) is 0 Å². The van der Waals surface area contributed by atoms with E-state index < -0.39 is 6.17 Å². The summed E-state index contributed by atoms with van der Waals surface area (Å²) in [5.74, 6) is 0.726. The van der Waals surface area contributed by atoms with Gasteiger partial charge in [-0.05, 0) is 24.6 Å². The zero-order valence-corrected chi connectivity index (χ0v) is 11.5. The minimum Gasteiger partial charge on any atom is -0.368 e. The summed E-state index contributed by atoms with van der Waals surface area (Å²) in [6, 6.07) is 5.60. The lowest BCUT2D eigenvalue weighted by Crippen LogP contribution is -2.23. The predicted molar refractivity (Wildman–Crippen MR) is 81.3 cm³/mol. The molecule has 3 aromatic heterocycles. The van der Waals surface area contributed by atoms with Crippen molar-refractivity contribution in [2.24, 2.45) is 5.73 Å². The monoisotopic (exact) mass is 281 g/mol. The van der Waals surface area contributed by atoms with E-state index in [1.807, 2.05) is 19.1 Å². The molecular formula is C14H15N7. The fourth-order valence-corrected chi connectivity index (χ4v) is 2.14. The molecule has 7 nitrogen and oxygen atoms in total. The van der Waals surface area contributed by atoms with Gasteiger partial charge in [-0.2, -0.15) is 4.98 Å².